The Balaban J connectivity index is 1.79. The van der Waals surface area contributed by atoms with Gasteiger partial charge in [-0.05, 0) is 43.0 Å². The summed E-state index contributed by atoms with van der Waals surface area (Å²) in [5, 5.41) is 0. The van der Waals surface area contributed by atoms with E-state index in [9.17, 15) is 4.79 Å². The molecule has 0 N–H and O–H groups in total. The summed E-state index contributed by atoms with van der Waals surface area (Å²) >= 11 is 0. The van der Waals surface area contributed by atoms with Crippen LogP contribution in [-0.2, 0) is 19.7 Å². The molecule has 3 fully saturated rings. The summed E-state index contributed by atoms with van der Waals surface area (Å²) in [6.07, 6.45) is 3.68. The van der Waals surface area contributed by atoms with E-state index in [1.807, 2.05) is 12.1 Å². The lowest BCUT2D eigenvalue weighted by atomic mass is 9.50. The zero-order chi connectivity index (χ0) is 19.6. The summed E-state index contributed by atoms with van der Waals surface area (Å²) in [6, 6.07) is 6.19. The van der Waals surface area contributed by atoms with E-state index in [1.165, 1.54) is 12.7 Å². The fourth-order valence-electron chi connectivity index (χ4n) is 6.14. The third-order valence-corrected chi connectivity index (χ3v) is 7.31. The molecular formula is C22H26N2O4. The van der Waals surface area contributed by atoms with Crippen molar-refractivity contribution in [3.8, 4) is 5.75 Å². The van der Waals surface area contributed by atoms with Gasteiger partial charge in [0.1, 0.15) is 12.0 Å². The number of rotatable bonds is 3. The fourth-order valence-corrected chi connectivity index (χ4v) is 6.14. The van der Waals surface area contributed by atoms with Crippen molar-refractivity contribution in [3.05, 3.63) is 35.4 Å². The van der Waals surface area contributed by atoms with E-state index in [0.29, 0.717) is 6.42 Å². The van der Waals surface area contributed by atoms with Gasteiger partial charge in [-0.2, -0.15) is 0 Å². The van der Waals surface area contributed by atoms with Crippen LogP contribution < -0.4 is 4.74 Å². The molecule has 148 valence electrons. The number of carbonyl (C=O) groups excluding carboxylic acids is 1. The van der Waals surface area contributed by atoms with Crippen LogP contribution in [0.3, 0.4) is 0 Å². The van der Waals surface area contributed by atoms with Crippen molar-refractivity contribution < 1.29 is 19.0 Å². The number of ether oxygens (including phenoxy) is 3. The number of esters is 1. The summed E-state index contributed by atoms with van der Waals surface area (Å²) in [5.41, 5.74) is 3.91. The normalized spacial score (nSPS) is 36.7. The Kier molecular flexibility index (Phi) is 3.93. The van der Waals surface area contributed by atoms with Crippen molar-refractivity contribution in [1.82, 2.24) is 4.90 Å². The summed E-state index contributed by atoms with van der Waals surface area (Å²) in [6.45, 7) is 2.88. The average molecular weight is 382 g/mol. The van der Waals surface area contributed by atoms with E-state index in [0.717, 1.165) is 35.7 Å². The van der Waals surface area contributed by atoms with Gasteiger partial charge in [-0.1, -0.05) is 11.6 Å². The first kappa shape index (κ1) is 17.9. The molecule has 3 heterocycles. The fraction of sp³-hybridized carbons (Fsp3) is 0.545. The first-order valence-electron chi connectivity index (χ1n) is 9.88. The minimum atomic E-state index is -0.504. The van der Waals surface area contributed by atoms with E-state index in [1.54, 1.807) is 14.2 Å². The number of aliphatic imine (C=N–C) groups is 1. The highest BCUT2D eigenvalue weighted by atomic mass is 16.5. The van der Waals surface area contributed by atoms with Gasteiger partial charge >= 0.3 is 5.97 Å². The number of piperidine rings is 2. The largest absolute Gasteiger partial charge is 0.497 e. The Morgan fingerprint density at radius 1 is 1.32 bits per heavy atom. The van der Waals surface area contributed by atoms with Gasteiger partial charge < -0.3 is 14.2 Å². The Hall–Kier alpha value is -2.18. The Morgan fingerprint density at radius 3 is 2.82 bits per heavy atom. The monoisotopic (exact) mass is 382 g/mol. The highest BCUT2D eigenvalue weighted by Crippen LogP contribution is 2.61. The predicted octanol–water partition coefficient (Wildman–Crippen LogP) is 2.83. The van der Waals surface area contributed by atoms with Crippen molar-refractivity contribution >= 4 is 17.4 Å². The van der Waals surface area contributed by atoms with Crippen molar-refractivity contribution in [3.63, 3.8) is 0 Å². The van der Waals surface area contributed by atoms with Gasteiger partial charge in [0.05, 0.1) is 37.3 Å². The van der Waals surface area contributed by atoms with Crippen LogP contribution in [0.25, 0.3) is 0 Å². The van der Waals surface area contributed by atoms with Gasteiger partial charge in [-0.15, -0.1) is 0 Å². The van der Waals surface area contributed by atoms with E-state index in [-0.39, 0.29) is 30.1 Å². The topological polar surface area (TPSA) is 60.4 Å². The summed E-state index contributed by atoms with van der Waals surface area (Å²) in [5.74, 6) is 0.489. The Labute approximate surface area is 165 Å². The number of nitrogens with zero attached hydrogens (tertiary/aromatic N) is 2. The van der Waals surface area contributed by atoms with Crippen LogP contribution in [0.1, 0.15) is 25.3 Å². The second-order valence-corrected chi connectivity index (χ2v) is 8.14. The standard InChI is InChI=1S/C22H26N2O4/c1-5-12-11-24-17-9-14(12)19(21(25)28-4)22(10-18(24)27-3)15-8-13(26-2)6-7-16(15)23-20(17)22/h5-8,14,17-19H,9-11H2,1-4H3/b12-5+/t14-,17?,18-,19-,22-/m0/s1. The SMILES string of the molecule is C/C=C1\CN2C3C[C@@H]1[C@@H](C(=O)OC)[C@@]1(C[C@@H]2OC)C3=Nc2ccc(OC)cc21. The number of hydrogen-bond acceptors (Lipinski definition) is 6. The smallest absolute Gasteiger partial charge is 0.310 e. The second kappa shape index (κ2) is 6.16. The summed E-state index contributed by atoms with van der Waals surface area (Å²) in [7, 11) is 4.92. The maximum atomic E-state index is 13.2. The molecule has 4 aliphatic rings. The number of methoxy groups -OCH3 is 3. The molecule has 28 heavy (non-hydrogen) atoms. The molecule has 6 heteroatoms. The predicted molar refractivity (Wildman–Crippen MR) is 105 cm³/mol. The van der Waals surface area contributed by atoms with E-state index in [4.69, 9.17) is 19.2 Å². The van der Waals surface area contributed by atoms with Crippen LogP contribution in [0.15, 0.2) is 34.8 Å². The van der Waals surface area contributed by atoms with Gasteiger partial charge in [-0.25, -0.2) is 0 Å². The molecule has 2 saturated heterocycles. The molecule has 3 bridgehead atoms. The molecule has 3 aliphatic heterocycles. The van der Waals surface area contributed by atoms with Crippen LogP contribution in [0, 0.1) is 11.8 Å². The quantitative estimate of drug-likeness (QED) is 0.594. The molecular weight excluding hydrogens is 356 g/mol. The maximum absolute atomic E-state index is 13.2. The van der Waals surface area contributed by atoms with E-state index in [2.05, 4.69) is 24.0 Å². The number of benzene rings is 1. The van der Waals surface area contributed by atoms with Crippen molar-refractivity contribution in [2.45, 2.75) is 37.5 Å². The molecule has 1 aromatic rings. The molecule has 6 nitrogen and oxygen atoms in total. The number of carbonyl (C=O) groups is 1. The first-order valence-corrected chi connectivity index (χ1v) is 9.88. The lowest BCUT2D eigenvalue weighted by Crippen LogP contribution is -2.71. The molecule has 5 rings (SSSR count). The van der Waals surface area contributed by atoms with Gasteiger partial charge in [0.25, 0.3) is 0 Å². The first-order chi connectivity index (χ1) is 13.6. The molecule has 1 unspecified atom stereocenters. The highest BCUT2D eigenvalue weighted by molar-refractivity contribution is 6.10. The van der Waals surface area contributed by atoms with Crippen LogP contribution in [0.2, 0.25) is 0 Å². The second-order valence-electron chi connectivity index (χ2n) is 8.14. The maximum Gasteiger partial charge on any atom is 0.310 e. The van der Waals surface area contributed by atoms with E-state index < -0.39 is 5.41 Å². The number of allylic oxidation sites excluding steroid dienone is 1. The van der Waals surface area contributed by atoms with Gasteiger partial charge in [0, 0.05) is 25.8 Å². The lowest BCUT2D eigenvalue weighted by Gasteiger charge is -2.61. The summed E-state index contributed by atoms with van der Waals surface area (Å²) in [4.78, 5) is 20.7. The third kappa shape index (κ3) is 2.05. The molecule has 0 radical (unpaired) electrons. The van der Waals surface area contributed by atoms with Crippen LogP contribution >= 0.6 is 0 Å². The Bertz CT molecular complexity index is 908. The lowest BCUT2D eigenvalue weighted by molar-refractivity contribution is -0.158. The van der Waals surface area contributed by atoms with Crippen molar-refractivity contribution in [1.29, 1.82) is 0 Å². The van der Waals surface area contributed by atoms with E-state index >= 15 is 0 Å². The molecule has 0 spiro atoms. The minimum Gasteiger partial charge on any atom is -0.497 e. The van der Waals surface area contributed by atoms with Gasteiger partial charge in [0.15, 0.2) is 0 Å². The summed E-state index contributed by atoms with van der Waals surface area (Å²) < 4.78 is 16.8. The Morgan fingerprint density at radius 2 is 2.14 bits per heavy atom. The number of hydrogen-bond donors (Lipinski definition) is 0. The number of fused-ring (bicyclic) bond motifs is 2. The average Bonchev–Trinajstić information content (AvgIpc) is 3.06. The zero-order valence-corrected chi connectivity index (χ0v) is 16.8. The van der Waals surface area contributed by atoms with Gasteiger partial charge in [0.2, 0.25) is 0 Å². The van der Waals surface area contributed by atoms with Gasteiger partial charge in [-0.3, -0.25) is 14.7 Å². The molecule has 0 amide bonds. The molecule has 1 aliphatic carbocycles. The minimum absolute atomic E-state index is 0.0653. The van der Waals surface area contributed by atoms with Crippen LogP contribution in [-0.4, -0.2) is 56.7 Å². The van der Waals surface area contributed by atoms with Crippen LogP contribution in [0.4, 0.5) is 5.69 Å². The third-order valence-electron chi connectivity index (χ3n) is 7.31. The molecule has 1 aromatic carbocycles. The molecule has 1 saturated carbocycles. The zero-order valence-electron chi connectivity index (χ0n) is 16.8. The van der Waals surface area contributed by atoms with Crippen molar-refractivity contribution in [2.75, 3.05) is 27.9 Å². The highest BCUT2D eigenvalue weighted by Gasteiger charge is 2.67. The van der Waals surface area contributed by atoms with Crippen LogP contribution in [0.5, 0.6) is 5.75 Å². The van der Waals surface area contributed by atoms with Crippen molar-refractivity contribution in [2.24, 2.45) is 16.8 Å². The molecule has 5 atom stereocenters. The molecule has 0 aromatic heterocycles.